The number of carbonyl (C=O) groups is 1. The highest BCUT2D eigenvalue weighted by molar-refractivity contribution is 9.10. The van der Waals surface area contributed by atoms with Crippen molar-refractivity contribution in [2.45, 2.75) is 12.8 Å². The molecule has 0 spiro atoms. The highest BCUT2D eigenvalue weighted by Crippen LogP contribution is 2.12. The summed E-state index contributed by atoms with van der Waals surface area (Å²) >= 11 is 3.31. The maximum atomic E-state index is 11.9. The molecule has 2 rings (SSSR count). The first-order valence-corrected chi connectivity index (χ1v) is 6.22. The number of aryl methyl sites for hydroxylation is 1. The zero-order valence-electron chi connectivity index (χ0n) is 9.27. The molecule has 3 heteroatoms. The number of ketones is 1. The molecule has 0 bridgehead atoms. The van der Waals surface area contributed by atoms with Crippen molar-refractivity contribution >= 4 is 21.7 Å². The van der Waals surface area contributed by atoms with Crippen LogP contribution in [0.3, 0.4) is 0 Å². The minimum absolute atomic E-state index is 0.127. The SMILES string of the molecule is O=C(CCc1ccccc1)c1cncc(Br)c1. The van der Waals surface area contributed by atoms with Crippen molar-refractivity contribution in [3.8, 4) is 0 Å². The van der Waals surface area contributed by atoms with E-state index < -0.39 is 0 Å². The number of hydrogen-bond donors (Lipinski definition) is 0. The van der Waals surface area contributed by atoms with Crippen LogP contribution in [-0.2, 0) is 6.42 Å². The first-order valence-electron chi connectivity index (χ1n) is 5.43. The average molecular weight is 290 g/mol. The van der Waals surface area contributed by atoms with E-state index in [9.17, 15) is 4.79 Å². The lowest BCUT2D eigenvalue weighted by atomic mass is 10.0. The van der Waals surface area contributed by atoms with Gasteiger partial charge in [-0.3, -0.25) is 9.78 Å². The van der Waals surface area contributed by atoms with Gasteiger partial charge in [-0.15, -0.1) is 0 Å². The van der Waals surface area contributed by atoms with Crippen LogP contribution in [0.2, 0.25) is 0 Å². The van der Waals surface area contributed by atoms with Gasteiger partial charge in [-0.1, -0.05) is 30.3 Å². The third kappa shape index (κ3) is 3.49. The van der Waals surface area contributed by atoms with Gasteiger partial charge in [-0.2, -0.15) is 0 Å². The summed E-state index contributed by atoms with van der Waals surface area (Å²) < 4.78 is 0.836. The van der Waals surface area contributed by atoms with Crippen LogP contribution in [0.25, 0.3) is 0 Å². The van der Waals surface area contributed by atoms with E-state index in [2.05, 4.69) is 20.9 Å². The molecule has 0 fully saturated rings. The van der Waals surface area contributed by atoms with Crippen LogP contribution in [0.5, 0.6) is 0 Å². The Morgan fingerprint density at radius 1 is 1.18 bits per heavy atom. The van der Waals surface area contributed by atoms with Gasteiger partial charge in [0.2, 0.25) is 0 Å². The lowest BCUT2D eigenvalue weighted by molar-refractivity contribution is 0.0982. The normalized spacial score (nSPS) is 10.2. The molecule has 0 unspecified atom stereocenters. The first kappa shape index (κ1) is 12.0. The van der Waals surface area contributed by atoms with Gasteiger partial charge in [-0.05, 0) is 34.0 Å². The molecule has 0 saturated carbocycles. The molecule has 86 valence electrons. The Morgan fingerprint density at radius 2 is 1.94 bits per heavy atom. The van der Waals surface area contributed by atoms with Crippen molar-refractivity contribution in [2.75, 3.05) is 0 Å². The lowest BCUT2D eigenvalue weighted by Crippen LogP contribution is -2.01. The fourth-order valence-corrected chi connectivity index (χ4v) is 1.98. The van der Waals surface area contributed by atoms with E-state index in [1.54, 1.807) is 18.5 Å². The van der Waals surface area contributed by atoms with Gasteiger partial charge in [0.15, 0.2) is 5.78 Å². The lowest BCUT2D eigenvalue weighted by Gasteiger charge is -2.01. The van der Waals surface area contributed by atoms with Crippen molar-refractivity contribution in [1.82, 2.24) is 4.98 Å². The molecule has 1 heterocycles. The largest absolute Gasteiger partial charge is 0.294 e. The van der Waals surface area contributed by atoms with E-state index in [0.29, 0.717) is 12.0 Å². The maximum absolute atomic E-state index is 11.9. The molecule has 1 aromatic carbocycles. The van der Waals surface area contributed by atoms with Crippen LogP contribution in [0.15, 0.2) is 53.3 Å². The molecule has 0 aliphatic heterocycles. The number of hydrogen-bond acceptors (Lipinski definition) is 2. The molecule has 0 amide bonds. The minimum atomic E-state index is 0.127. The summed E-state index contributed by atoms with van der Waals surface area (Å²) in [5.74, 6) is 0.127. The van der Waals surface area contributed by atoms with Crippen LogP contribution < -0.4 is 0 Å². The van der Waals surface area contributed by atoms with Gasteiger partial charge in [0, 0.05) is 28.9 Å². The van der Waals surface area contributed by atoms with E-state index in [1.807, 2.05) is 30.3 Å². The van der Waals surface area contributed by atoms with Gasteiger partial charge in [0.25, 0.3) is 0 Å². The number of carbonyl (C=O) groups excluding carboxylic acids is 1. The number of Topliss-reactive ketones (excluding diaryl/α,β-unsaturated/α-hetero) is 1. The van der Waals surface area contributed by atoms with Crippen molar-refractivity contribution in [2.24, 2.45) is 0 Å². The maximum Gasteiger partial charge on any atom is 0.164 e. The highest BCUT2D eigenvalue weighted by atomic mass is 79.9. The Kier molecular flexibility index (Phi) is 4.04. The highest BCUT2D eigenvalue weighted by Gasteiger charge is 2.06. The molecule has 0 aliphatic rings. The van der Waals surface area contributed by atoms with Crippen molar-refractivity contribution < 1.29 is 4.79 Å². The van der Waals surface area contributed by atoms with Gasteiger partial charge in [0.1, 0.15) is 0 Å². The van der Waals surface area contributed by atoms with E-state index in [4.69, 9.17) is 0 Å². The second-order valence-corrected chi connectivity index (χ2v) is 4.72. The fraction of sp³-hybridized carbons (Fsp3) is 0.143. The molecule has 0 aliphatic carbocycles. The molecule has 2 nitrogen and oxygen atoms in total. The Bertz CT molecular complexity index is 511. The van der Waals surface area contributed by atoms with Crippen molar-refractivity contribution in [1.29, 1.82) is 0 Å². The molecule has 2 aromatic rings. The Hall–Kier alpha value is -1.48. The summed E-state index contributed by atoms with van der Waals surface area (Å²) in [5, 5.41) is 0. The Balaban J connectivity index is 1.98. The molecule has 0 saturated heterocycles. The molecule has 17 heavy (non-hydrogen) atoms. The summed E-state index contributed by atoms with van der Waals surface area (Å²) in [4.78, 5) is 15.9. The van der Waals surface area contributed by atoms with E-state index in [1.165, 1.54) is 5.56 Å². The number of aromatic nitrogens is 1. The topological polar surface area (TPSA) is 30.0 Å². The molecular weight excluding hydrogens is 278 g/mol. The Labute approximate surface area is 109 Å². The van der Waals surface area contributed by atoms with Crippen LogP contribution in [-0.4, -0.2) is 10.8 Å². The second-order valence-electron chi connectivity index (χ2n) is 3.80. The zero-order valence-corrected chi connectivity index (χ0v) is 10.9. The first-order chi connectivity index (χ1) is 8.25. The van der Waals surface area contributed by atoms with Crippen molar-refractivity contribution in [3.63, 3.8) is 0 Å². The number of pyridine rings is 1. The monoisotopic (exact) mass is 289 g/mol. The standard InChI is InChI=1S/C14H12BrNO/c15-13-8-12(9-16-10-13)14(17)7-6-11-4-2-1-3-5-11/h1-5,8-10H,6-7H2. The quantitative estimate of drug-likeness (QED) is 0.804. The third-order valence-electron chi connectivity index (χ3n) is 2.51. The number of benzene rings is 1. The molecular formula is C14H12BrNO. The number of nitrogens with zero attached hydrogens (tertiary/aromatic N) is 1. The number of rotatable bonds is 4. The zero-order chi connectivity index (χ0) is 12.1. The fourth-order valence-electron chi connectivity index (χ4n) is 1.61. The van der Waals surface area contributed by atoms with Crippen LogP contribution in [0, 0.1) is 0 Å². The van der Waals surface area contributed by atoms with E-state index in [-0.39, 0.29) is 5.78 Å². The van der Waals surface area contributed by atoms with Gasteiger partial charge in [0.05, 0.1) is 0 Å². The van der Waals surface area contributed by atoms with E-state index in [0.717, 1.165) is 10.9 Å². The smallest absolute Gasteiger partial charge is 0.164 e. The molecule has 0 atom stereocenters. The summed E-state index contributed by atoms with van der Waals surface area (Å²) in [6.07, 6.45) is 4.57. The molecule has 0 radical (unpaired) electrons. The number of halogens is 1. The predicted molar refractivity (Wildman–Crippen MR) is 71.0 cm³/mol. The van der Waals surface area contributed by atoms with Gasteiger partial charge in [-0.25, -0.2) is 0 Å². The van der Waals surface area contributed by atoms with Crippen LogP contribution in [0.1, 0.15) is 22.3 Å². The summed E-state index contributed by atoms with van der Waals surface area (Å²) in [5.41, 5.74) is 1.85. The van der Waals surface area contributed by atoms with Crippen LogP contribution >= 0.6 is 15.9 Å². The summed E-state index contributed by atoms with van der Waals surface area (Å²) in [7, 11) is 0. The molecule has 1 aromatic heterocycles. The summed E-state index contributed by atoms with van der Waals surface area (Å²) in [6, 6.07) is 11.8. The third-order valence-corrected chi connectivity index (χ3v) is 2.94. The second kappa shape index (κ2) is 5.73. The minimum Gasteiger partial charge on any atom is -0.294 e. The van der Waals surface area contributed by atoms with Gasteiger partial charge < -0.3 is 0 Å². The average Bonchev–Trinajstić information content (AvgIpc) is 2.37. The predicted octanol–water partition coefficient (Wildman–Crippen LogP) is 3.66. The molecule has 0 N–H and O–H groups in total. The van der Waals surface area contributed by atoms with E-state index >= 15 is 0 Å². The van der Waals surface area contributed by atoms with Gasteiger partial charge >= 0.3 is 0 Å². The summed E-state index contributed by atoms with van der Waals surface area (Å²) in [6.45, 7) is 0. The van der Waals surface area contributed by atoms with Crippen LogP contribution in [0.4, 0.5) is 0 Å². The Morgan fingerprint density at radius 3 is 2.65 bits per heavy atom. The van der Waals surface area contributed by atoms with Crippen molar-refractivity contribution in [3.05, 3.63) is 64.4 Å².